The summed E-state index contributed by atoms with van der Waals surface area (Å²) >= 11 is 0. The molecule has 82 valence electrons. The fraction of sp³-hybridized carbons (Fsp3) is 0.571. The molecule has 0 atom stereocenters. The van der Waals surface area contributed by atoms with Gasteiger partial charge < -0.3 is 0 Å². The fourth-order valence-corrected chi connectivity index (χ4v) is 0.631. The molecule has 0 amide bonds. The molecule has 0 saturated heterocycles. The molecule has 1 aromatic rings. The smallest absolute Gasteiger partial charge is 0.220 e. The van der Waals surface area contributed by atoms with Crippen molar-refractivity contribution in [2.75, 3.05) is 0 Å². The molecular weight excluding hydrogens is 214 g/mol. The summed E-state index contributed by atoms with van der Waals surface area (Å²) < 4.78 is 40.9. The van der Waals surface area contributed by atoms with Gasteiger partial charge in [-0.25, -0.2) is 23.2 Å². The maximum absolute atomic E-state index is 8.49. The van der Waals surface area contributed by atoms with E-state index in [9.17, 15) is 0 Å². The first kappa shape index (κ1) is 13.3. The van der Waals surface area contributed by atoms with Crippen molar-refractivity contribution in [3.63, 3.8) is 0 Å². The normalized spacial score (nSPS) is 11.9. The molecule has 0 radical (unpaired) electrons. The third kappa shape index (κ3) is 7.96. The van der Waals surface area contributed by atoms with E-state index in [1.165, 1.54) is 0 Å². The zero-order chi connectivity index (χ0) is 11.4. The maximum Gasteiger partial charge on any atom is 0.220 e. The third-order valence-electron chi connectivity index (χ3n) is 1.14. The molecule has 0 fully saturated rings. The highest BCUT2D eigenvalue weighted by molar-refractivity contribution is 4.65. The standard InChI is InChI=1S/C7H12NO.ClHO4/c1-7(2,3)8-5-4-6-9-8;2-1(3,4)5/h4-6H,1-3H3;(H,2,3,4,5)/q+1;/p-1. The topological polar surface area (TPSA) is 109 Å². The van der Waals surface area contributed by atoms with Crippen molar-refractivity contribution >= 4 is 0 Å². The second kappa shape index (κ2) is 4.72. The van der Waals surface area contributed by atoms with Crippen LogP contribution in [0.2, 0.25) is 0 Å². The lowest BCUT2D eigenvalue weighted by atomic mass is 10.1. The van der Waals surface area contributed by atoms with Gasteiger partial charge in [-0.15, -0.1) is 10.2 Å². The monoisotopic (exact) mass is 225 g/mol. The summed E-state index contributed by atoms with van der Waals surface area (Å²) in [7, 11) is -4.94. The Bertz CT molecular complexity index is 242. The largest absolute Gasteiger partial charge is 0.244 e. The molecule has 1 rings (SSSR count). The second-order valence-corrected chi connectivity index (χ2v) is 4.21. The highest BCUT2D eigenvalue weighted by atomic mass is 35.7. The van der Waals surface area contributed by atoms with E-state index in [0.29, 0.717) is 0 Å². The molecule has 14 heavy (non-hydrogen) atoms. The second-order valence-electron chi connectivity index (χ2n) is 3.46. The lowest BCUT2D eigenvalue weighted by Crippen LogP contribution is -2.68. The lowest BCUT2D eigenvalue weighted by molar-refractivity contribution is -2.00. The Labute approximate surface area is 83.7 Å². The molecule has 0 aliphatic heterocycles. The van der Waals surface area contributed by atoms with E-state index >= 15 is 0 Å². The fourth-order valence-electron chi connectivity index (χ4n) is 0.631. The lowest BCUT2D eigenvalue weighted by Gasteiger charge is -2.17. The quantitative estimate of drug-likeness (QED) is 0.427. The molecular formula is C7H12ClNO5. The predicted octanol–water partition coefficient (Wildman–Crippen LogP) is -3.43. The zero-order valence-corrected chi connectivity index (χ0v) is 8.85. The van der Waals surface area contributed by atoms with E-state index in [4.69, 9.17) is 23.2 Å². The maximum atomic E-state index is 8.49. The molecule has 1 heterocycles. The number of hydrogen-bond donors (Lipinski definition) is 0. The summed E-state index contributed by atoms with van der Waals surface area (Å²) in [6.45, 7) is 6.28. The Balaban J connectivity index is 0.000000292. The van der Waals surface area contributed by atoms with Gasteiger partial charge in [-0.05, 0) is 4.74 Å². The van der Waals surface area contributed by atoms with Crippen LogP contribution in [0.1, 0.15) is 20.8 Å². The number of aromatic nitrogens is 1. The summed E-state index contributed by atoms with van der Waals surface area (Å²) in [4.78, 5) is 0. The number of rotatable bonds is 0. The van der Waals surface area contributed by atoms with Gasteiger partial charge in [0.1, 0.15) is 0 Å². The number of nitrogens with zero attached hydrogens (tertiary/aromatic N) is 1. The highest BCUT2D eigenvalue weighted by Gasteiger charge is 2.24. The van der Waals surface area contributed by atoms with Crippen LogP contribution >= 0.6 is 0 Å². The summed E-state index contributed by atoms with van der Waals surface area (Å²) in [6, 6.07) is 1.88. The van der Waals surface area contributed by atoms with Crippen LogP contribution in [0, 0.1) is 10.2 Å². The average Bonchev–Trinajstić information content (AvgIpc) is 2.28. The van der Waals surface area contributed by atoms with Crippen molar-refractivity contribution in [2.24, 2.45) is 0 Å². The Hall–Kier alpha value is -0.660. The summed E-state index contributed by atoms with van der Waals surface area (Å²) in [5, 5.41) is 0. The molecule has 0 aromatic carbocycles. The molecule has 0 N–H and O–H groups in total. The van der Waals surface area contributed by atoms with Crippen LogP contribution in [0.3, 0.4) is 0 Å². The average molecular weight is 226 g/mol. The van der Waals surface area contributed by atoms with Gasteiger partial charge in [0, 0.05) is 26.8 Å². The van der Waals surface area contributed by atoms with E-state index < -0.39 is 10.2 Å². The summed E-state index contributed by atoms with van der Waals surface area (Å²) in [5.41, 5.74) is 0.0729. The molecule has 0 saturated carbocycles. The molecule has 0 spiro atoms. The number of halogens is 1. The third-order valence-corrected chi connectivity index (χ3v) is 1.14. The van der Waals surface area contributed by atoms with Crippen molar-refractivity contribution in [1.29, 1.82) is 0 Å². The molecule has 6 nitrogen and oxygen atoms in total. The summed E-state index contributed by atoms with van der Waals surface area (Å²) in [5.74, 6) is 0. The first-order chi connectivity index (χ1) is 6.11. The van der Waals surface area contributed by atoms with E-state index in [-0.39, 0.29) is 5.54 Å². The SMILES string of the molecule is CC(C)(C)[n+]1ccco1.[O-][Cl+3]([O-])([O-])[O-]. The van der Waals surface area contributed by atoms with Crippen LogP contribution < -0.4 is 23.4 Å². The van der Waals surface area contributed by atoms with E-state index in [1.807, 2.05) is 17.0 Å². The van der Waals surface area contributed by atoms with Crippen molar-refractivity contribution in [1.82, 2.24) is 0 Å². The Morgan fingerprint density at radius 1 is 1.14 bits per heavy atom. The predicted molar refractivity (Wildman–Crippen MR) is 33.9 cm³/mol. The summed E-state index contributed by atoms with van der Waals surface area (Å²) in [6.07, 6.45) is 3.59. The Morgan fingerprint density at radius 3 is 1.71 bits per heavy atom. The van der Waals surface area contributed by atoms with Crippen LogP contribution in [0.5, 0.6) is 0 Å². The molecule has 0 aliphatic carbocycles. The minimum absolute atomic E-state index is 0.0729. The molecule has 1 aromatic heterocycles. The van der Waals surface area contributed by atoms with Crippen LogP contribution in [0.25, 0.3) is 0 Å². The van der Waals surface area contributed by atoms with Gasteiger partial charge >= 0.3 is 0 Å². The molecule has 7 heteroatoms. The first-order valence-corrected chi connectivity index (χ1v) is 4.92. The van der Waals surface area contributed by atoms with Gasteiger partial charge in [0.25, 0.3) is 0 Å². The highest BCUT2D eigenvalue weighted by Crippen LogP contribution is 2.01. The van der Waals surface area contributed by atoms with Gasteiger partial charge in [0.2, 0.25) is 11.7 Å². The van der Waals surface area contributed by atoms with E-state index in [0.717, 1.165) is 0 Å². The molecule has 0 unspecified atom stereocenters. The Morgan fingerprint density at radius 2 is 1.57 bits per heavy atom. The van der Waals surface area contributed by atoms with E-state index in [2.05, 4.69) is 20.8 Å². The van der Waals surface area contributed by atoms with Gasteiger partial charge in [0.05, 0.1) is 0 Å². The van der Waals surface area contributed by atoms with Crippen LogP contribution in [-0.2, 0) is 5.54 Å². The first-order valence-electron chi connectivity index (χ1n) is 3.68. The minimum Gasteiger partial charge on any atom is -0.244 e. The van der Waals surface area contributed by atoms with Gasteiger partial charge in [-0.2, -0.15) is 0 Å². The van der Waals surface area contributed by atoms with Crippen molar-refractivity contribution in [3.05, 3.63) is 18.5 Å². The number of hydrogen-bond acceptors (Lipinski definition) is 5. The molecule has 0 bridgehead atoms. The van der Waals surface area contributed by atoms with E-state index in [1.54, 1.807) is 6.26 Å². The van der Waals surface area contributed by atoms with Crippen LogP contribution in [0.15, 0.2) is 23.0 Å². The van der Waals surface area contributed by atoms with Crippen molar-refractivity contribution in [2.45, 2.75) is 26.3 Å². The van der Waals surface area contributed by atoms with Gasteiger partial charge in [-0.3, -0.25) is 0 Å². The van der Waals surface area contributed by atoms with Crippen LogP contribution in [0.4, 0.5) is 0 Å². The van der Waals surface area contributed by atoms with Gasteiger partial charge in [-0.1, -0.05) is 0 Å². The molecule has 0 aliphatic rings. The van der Waals surface area contributed by atoms with Crippen molar-refractivity contribution < 1.29 is 38.1 Å². The Kier molecular flexibility index (Phi) is 4.50. The minimum atomic E-state index is -4.94. The van der Waals surface area contributed by atoms with Crippen LogP contribution in [-0.4, -0.2) is 0 Å². The van der Waals surface area contributed by atoms with Gasteiger partial charge in [0.15, 0.2) is 6.26 Å². The van der Waals surface area contributed by atoms with Crippen molar-refractivity contribution in [3.8, 4) is 0 Å². The zero-order valence-electron chi connectivity index (χ0n) is 8.10.